The summed E-state index contributed by atoms with van der Waals surface area (Å²) in [6.07, 6.45) is 4.51. The lowest BCUT2D eigenvalue weighted by atomic mass is 10.1. The number of thiazole rings is 1. The molecule has 1 amide bonds. The average Bonchev–Trinajstić information content (AvgIpc) is 3.43. The summed E-state index contributed by atoms with van der Waals surface area (Å²) in [5, 5.41) is 12.4. The van der Waals surface area contributed by atoms with Crippen molar-refractivity contribution in [2.24, 2.45) is 0 Å². The summed E-state index contributed by atoms with van der Waals surface area (Å²) in [7, 11) is 0. The lowest BCUT2D eigenvalue weighted by Gasteiger charge is -2.21. The Balaban J connectivity index is 1.55. The molecule has 7 nitrogen and oxygen atoms in total. The largest absolute Gasteiger partial charge is 0.302 e. The van der Waals surface area contributed by atoms with Crippen LogP contribution in [0, 0.1) is 13.8 Å². The van der Waals surface area contributed by atoms with Gasteiger partial charge in [-0.3, -0.25) is 14.7 Å². The Bertz CT molecular complexity index is 1250. The second-order valence-corrected chi connectivity index (χ2v) is 9.46. The van der Waals surface area contributed by atoms with Crippen LogP contribution in [0.2, 0.25) is 0 Å². The SMILES string of the molecule is CCCn1c(SCc2csc(N(C(C)=O)c3cccc(C)c3C)n2)nnc1-c1ccncc1. The van der Waals surface area contributed by atoms with Crippen LogP contribution in [0.5, 0.6) is 0 Å². The van der Waals surface area contributed by atoms with E-state index in [4.69, 9.17) is 4.98 Å². The molecule has 0 radical (unpaired) electrons. The van der Waals surface area contributed by atoms with Gasteiger partial charge in [0.25, 0.3) is 0 Å². The predicted octanol–water partition coefficient (Wildman–Crippen LogP) is 5.80. The van der Waals surface area contributed by atoms with E-state index in [0.29, 0.717) is 10.9 Å². The first-order valence-electron chi connectivity index (χ1n) is 10.8. The van der Waals surface area contributed by atoms with Crippen molar-refractivity contribution in [1.29, 1.82) is 0 Å². The maximum atomic E-state index is 12.5. The highest BCUT2D eigenvalue weighted by molar-refractivity contribution is 7.98. The summed E-state index contributed by atoms with van der Waals surface area (Å²) in [4.78, 5) is 23.1. The number of carbonyl (C=O) groups is 1. The molecule has 0 aliphatic carbocycles. The number of thioether (sulfide) groups is 1. The number of rotatable bonds is 8. The Labute approximate surface area is 201 Å². The fourth-order valence-corrected chi connectivity index (χ4v) is 5.37. The number of aryl methyl sites for hydroxylation is 1. The van der Waals surface area contributed by atoms with Gasteiger partial charge in [-0.2, -0.15) is 0 Å². The van der Waals surface area contributed by atoms with Crippen LogP contribution in [0.4, 0.5) is 10.8 Å². The zero-order valence-electron chi connectivity index (χ0n) is 19.1. The molecule has 0 atom stereocenters. The topological polar surface area (TPSA) is 76.8 Å². The zero-order chi connectivity index (χ0) is 23.4. The Morgan fingerprint density at radius 2 is 1.94 bits per heavy atom. The summed E-state index contributed by atoms with van der Waals surface area (Å²) in [5.74, 6) is 1.44. The first-order chi connectivity index (χ1) is 16.0. The third kappa shape index (κ3) is 4.99. The van der Waals surface area contributed by atoms with Gasteiger partial charge in [0.15, 0.2) is 16.1 Å². The second kappa shape index (κ2) is 10.3. The van der Waals surface area contributed by atoms with Crippen LogP contribution in [-0.4, -0.2) is 30.6 Å². The van der Waals surface area contributed by atoms with Crippen LogP contribution in [0.25, 0.3) is 11.4 Å². The van der Waals surface area contributed by atoms with Gasteiger partial charge >= 0.3 is 0 Å². The highest BCUT2D eigenvalue weighted by atomic mass is 32.2. The number of amides is 1. The van der Waals surface area contributed by atoms with Gasteiger partial charge in [0.1, 0.15) is 0 Å². The van der Waals surface area contributed by atoms with Crippen molar-refractivity contribution >= 4 is 39.8 Å². The van der Waals surface area contributed by atoms with Crippen molar-refractivity contribution in [2.75, 3.05) is 4.90 Å². The van der Waals surface area contributed by atoms with E-state index in [-0.39, 0.29) is 5.91 Å². The third-order valence-electron chi connectivity index (χ3n) is 5.31. The molecular formula is C24H26N6OS2. The van der Waals surface area contributed by atoms with Gasteiger partial charge < -0.3 is 4.57 Å². The number of pyridine rings is 1. The van der Waals surface area contributed by atoms with E-state index >= 15 is 0 Å². The molecule has 33 heavy (non-hydrogen) atoms. The van der Waals surface area contributed by atoms with Gasteiger partial charge in [0.05, 0.1) is 11.4 Å². The molecule has 0 saturated carbocycles. The number of hydrogen-bond donors (Lipinski definition) is 0. The zero-order valence-corrected chi connectivity index (χ0v) is 20.8. The molecule has 170 valence electrons. The molecule has 4 rings (SSSR count). The molecule has 0 unspecified atom stereocenters. The third-order valence-corrected chi connectivity index (χ3v) is 7.19. The molecule has 3 aromatic heterocycles. The summed E-state index contributed by atoms with van der Waals surface area (Å²) in [5.41, 5.74) is 5.01. The first-order valence-corrected chi connectivity index (χ1v) is 12.6. The Kier molecular flexibility index (Phi) is 7.20. The van der Waals surface area contributed by atoms with E-state index in [1.165, 1.54) is 11.3 Å². The van der Waals surface area contributed by atoms with Gasteiger partial charge in [-0.1, -0.05) is 30.8 Å². The number of benzene rings is 1. The molecule has 9 heteroatoms. The summed E-state index contributed by atoms with van der Waals surface area (Å²) >= 11 is 3.08. The lowest BCUT2D eigenvalue weighted by Crippen LogP contribution is -2.23. The van der Waals surface area contributed by atoms with Gasteiger partial charge in [0, 0.05) is 42.6 Å². The van der Waals surface area contributed by atoms with Crippen molar-refractivity contribution < 1.29 is 4.79 Å². The molecule has 0 saturated heterocycles. The van der Waals surface area contributed by atoms with Gasteiger partial charge in [-0.05, 0) is 49.6 Å². The van der Waals surface area contributed by atoms with E-state index in [2.05, 4.69) is 26.7 Å². The van der Waals surface area contributed by atoms with E-state index in [1.54, 1.807) is 36.0 Å². The lowest BCUT2D eigenvalue weighted by molar-refractivity contribution is -0.115. The fraction of sp³-hybridized carbons (Fsp3) is 0.292. The molecule has 0 spiro atoms. The number of hydrogen-bond acceptors (Lipinski definition) is 7. The average molecular weight is 479 g/mol. The van der Waals surface area contributed by atoms with Gasteiger partial charge in [0.2, 0.25) is 5.91 Å². The number of nitrogens with zero attached hydrogens (tertiary/aromatic N) is 6. The Morgan fingerprint density at radius 1 is 1.15 bits per heavy atom. The summed E-state index contributed by atoms with van der Waals surface area (Å²) in [6.45, 7) is 8.63. The molecule has 4 aromatic rings. The van der Waals surface area contributed by atoms with Crippen LogP contribution in [-0.2, 0) is 17.1 Å². The van der Waals surface area contributed by atoms with E-state index in [0.717, 1.165) is 52.0 Å². The van der Waals surface area contributed by atoms with Crippen molar-refractivity contribution in [3.05, 3.63) is 64.9 Å². The summed E-state index contributed by atoms with van der Waals surface area (Å²) in [6, 6.07) is 9.88. The van der Waals surface area contributed by atoms with Gasteiger partial charge in [-0.15, -0.1) is 21.5 Å². The van der Waals surface area contributed by atoms with Crippen molar-refractivity contribution in [2.45, 2.75) is 51.6 Å². The minimum atomic E-state index is -0.0538. The molecule has 0 aliphatic rings. The van der Waals surface area contributed by atoms with Gasteiger partial charge in [-0.25, -0.2) is 4.98 Å². The fourth-order valence-electron chi connectivity index (χ4n) is 3.52. The number of carbonyl (C=O) groups excluding carboxylic acids is 1. The van der Waals surface area contributed by atoms with Crippen LogP contribution < -0.4 is 4.90 Å². The maximum absolute atomic E-state index is 12.5. The van der Waals surface area contributed by atoms with Crippen molar-refractivity contribution in [3.63, 3.8) is 0 Å². The minimum absolute atomic E-state index is 0.0538. The molecule has 0 bridgehead atoms. The van der Waals surface area contributed by atoms with E-state index in [9.17, 15) is 4.79 Å². The van der Waals surface area contributed by atoms with E-state index < -0.39 is 0 Å². The standard InChI is InChI=1S/C24H26N6OS2/c1-5-13-29-22(19-9-11-25-12-10-19)27-28-24(29)33-15-20-14-32-23(26-20)30(18(4)31)21-8-6-7-16(2)17(21)3/h6-12,14H,5,13,15H2,1-4H3. The minimum Gasteiger partial charge on any atom is -0.302 e. The Morgan fingerprint density at radius 3 is 2.67 bits per heavy atom. The molecule has 0 N–H and O–H groups in total. The first kappa shape index (κ1) is 23.1. The molecule has 0 aliphatic heterocycles. The van der Waals surface area contributed by atoms with Crippen molar-refractivity contribution in [3.8, 4) is 11.4 Å². The van der Waals surface area contributed by atoms with Crippen LogP contribution in [0.1, 0.15) is 37.1 Å². The molecule has 1 aromatic carbocycles. The van der Waals surface area contributed by atoms with E-state index in [1.807, 2.05) is 49.6 Å². The molecule has 0 fully saturated rings. The predicted molar refractivity (Wildman–Crippen MR) is 134 cm³/mol. The highest BCUT2D eigenvalue weighted by Gasteiger charge is 2.21. The molecule has 3 heterocycles. The molecular weight excluding hydrogens is 452 g/mol. The van der Waals surface area contributed by atoms with Crippen LogP contribution in [0.3, 0.4) is 0 Å². The Hall–Kier alpha value is -3.04. The van der Waals surface area contributed by atoms with Crippen LogP contribution in [0.15, 0.2) is 53.3 Å². The highest BCUT2D eigenvalue weighted by Crippen LogP contribution is 2.34. The maximum Gasteiger partial charge on any atom is 0.230 e. The normalized spacial score (nSPS) is 11.0. The van der Waals surface area contributed by atoms with Crippen LogP contribution >= 0.6 is 23.1 Å². The van der Waals surface area contributed by atoms with Crippen molar-refractivity contribution in [1.82, 2.24) is 24.7 Å². The smallest absolute Gasteiger partial charge is 0.230 e. The summed E-state index contributed by atoms with van der Waals surface area (Å²) < 4.78 is 2.14. The number of aromatic nitrogens is 5. The number of anilines is 2. The quantitative estimate of drug-likeness (QED) is 0.298. The monoisotopic (exact) mass is 478 g/mol. The second-order valence-electron chi connectivity index (χ2n) is 7.68.